The summed E-state index contributed by atoms with van der Waals surface area (Å²) in [6.45, 7) is 3.75. The van der Waals surface area contributed by atoms with Gasteiger partial charge < -0.3 is 5.32 Å². The Labute approximate surface area is 87.3 Å². The Morgan fingerprint density at radius 1 is 1.33 bits per heavy atom. The van der Waals surface area contributed by atoms with E-state index in [0.29, 0.717) is 5.56 Å². The monoisotopic (exact) mass is 213 g/mol. The van der Waals surface area contributed by atoms with E-state index in [1.165, 1.54) is 6.07 Å². The number of amides is 1. The number of benzene rings is 1. The first-order valence-corrected chi connectivity index (χ1v) is 4.72. The van der Waals surface area contributed by atoms with Gasteiger partial charge >= 0.3 is 0 Å². The van der Waals surface area contributed by atoms with Crippen LogP contribution in [0.1, 0.15) is 19.4 Å². The van der Waals surface area contributed by atoms with Gasteiger partial charge in [-0.15, -0.1) is 0 Å². The largest absolute Gasteiger partial charge is 0.352 e. The minimum absolute atomic E-state index is 0.111. The van der Waals surface area contributed by atoms with E-state index in [9.17, 15) is 13.6 Å². The highest BCUT2D eigenvalue weighted by Crippen LogP contribution is 2.08. The third-order valence-corrected chi connectivity index (χ3v) is 1.98. The predicted molar refractivity (Wildman–Crippen MR) is 53.0 cm³/mol. The van der Waals surface area contributed by atoms with Crippen molar-refractivity contribution in [1.29, 1.82) is 0 Å². The second-order valence-electron chi connectivity index (χ2n) is 3.62. The molecule has 1 N–H and O–H groups in total. The van der Waals surface area contributed by atoms with Gasteiger partial charge in [0.05, 0.1) is 0 Å². The summed E-state index contributed by atoms with van der Waals surface area (Å²) in [6, 6.07) is 3.57. The molecule has 1 rings (SSSR count). The van der Waals surface area contributed by atoms with Crippen LogP contribution in [-0.4, -0.2) is 5.91 Å². The quantitative estimate of drug-likeness (QED) is 0.819. The average Bonchev–Trinajstić information content (AvgIpc) is 2.19. The molecule has 0 saturated carbocycles. The normalized spacial score (nSPS) is 10.5. The minimum Gasteiger partial charge on any atom is -0.352 e. The van der Waals surface area contributed by atoms with E-state index >= 15 is 0 Å². The third-order valence-electron chi connectivity index (χ3n) is 1.98. The second kappa shape index (κ2) is 4.87. The summed E-state index contributed by atoms with van der Waals surface area (Å²) in [5.41, 5.74) is 0.544. The zero-order valence-electron chi connectivity index (χ0n) is 8.68. The van der Waals surface area contributed by atoms with Crippen LogP contribution in [0.25, 0.3) is 0 Å². The molecule has 0 aromatic heterocycles. The molecule has 15 heavy (non-hydrogen) atoms. The number of rotatable bonds is 3. The molecule has 2 nitrogen and oxygen atoms in total. The zero-order chi connectivity index (χ0) is 11.4. The van der Waals surface area contributed by atoms with E-state index in [2.05, 4.69) is 5.32 Å². The number of hydrogen-bond donors (Lipinski definition) is 1. The lowest BCUT2D eigenvalue weighted by molar-refractivity contribution is -0.124. The molecule has 4 heteroatoms. The smallest absolute Gasteiger partial charge is 0.222 e. The first-order valence-electron chi connectivity index (χ1n) is 4.72. The fourth-order valence-corrected chi connectivity index (χ4v) is 1.04. The highest BCUT2D eigenvalue weighted by molar-refractivity contribution is 5.77. The van der Waals surface area contributed by atoms with Crippen molar-refractivity contribution in [3.05, 3.63) is 35.4 Å². The Bertz CT molecular complexity index is 364. The van der Waals surface area contributed by atoms with Gasteiger partial charge in [0, 0.05) is 12.5 Å². The van der Waals surface area contributed by atoms with Crippen molar-refractivity contribution in [2.24, 2.45) is 5.92 Å². The summed E-state index contributed by atoms with van der Waals surface area (Å²) in [7, 11) is 0. The van der Waals surface area contributed by atoms with E-state index in [4.69, 9.17) is 0 Å². The second-order valence-corrected chi connectivity index (χ2v) is 3.62. The van der Waals surface area contributed by atoms with Crippen molar-refractivity contribution in [3.8, 4) is 0 Å². The number of halogens is 2. The van der Waals surface area contributed by atoms with Gasteiger partial charge in [-0.05, 0) is 17.7 Å². The Kier molecular flexibility index (Phi) is 3.77. The van der Waals surface area contributed by atoms with Crippen molar-refractivity contribution in [3.63, 3.8) is 0 Å². The first kappa shape index (κ1) is 11.6. The molecule has 0 saturated heterocycles. The molecular formula is C11H13F2NO. The van der Waals surface area contributed by atoms with Crippen LogP contribution < -0.4 is 5.32 Å². The van der Waals surface area contributed by atoms with Crippen LogP contribution in [-0.2, 0) is 11.3 Å². The molecule has 0 radical (unpaired) electrons. The predicted octanol–water partition coefficient (Wildman–Crippen LogP) is 2.24. The van der Waals surface area contributed by atoms with Crippen LogP contribution in [0.15, 0.2) is 18.2 Å². The van der Waals surface area contributed by atoms with Gasteiger partial charge in [-0.2, -0.15) is 0 Å². The summed E-state index contributed by atoms with van der Waals surface area (Å²) in [6.07, 6.45) is 0. The maximum Gasteiger partial charge on any atom is 0.222 e. The van der Waals surface area contributed by atoms with Crippen LogP contribution in [0.4, 0.5) is 8.78 Å². The Morgan fingerprint density at radius 3 is 2.53 bits per heavy atom. The highest BCUT2D eigenvalue weighted by atomic mass is 19.2. The summed E-state index contributed by atoms with van der Waals surface area (Å²) < 4.78 is 25.3. The molecule has 0 aliphatic heterocycles. The number of hydrogen-bond acceptors (Lipinski definition) is 1. The number of carbonyl (C=O) groups excluding carboxylic acids is 1. The Balaban J connectivity index is 2.58. The molecule has 0 bridgehead atoms. The fourth-order valence-electron chi connectivity index (χ4n) is 1.04. The van der Waals surface area contributed by atoms with Gasteiger partial charge in [0.1, 0.15) is 0 Å². The van der Waals surface area contributed by atoms with Gasteiger partial charge in [0.25, 0.3) is 0 Å². The summed E-state index contributed by atoms with van der Waals surface area (Å²) in [4.78, 5) is 11.2. The van der Waals surface area contributed by atoms with E-state index in [1.54, 1.807) is 13.8 Å². The van der Waals surface area contributed by atoms with Crippen molar-refractivity contribution < 1.29 is 13.6 Å². The standard InChI is InChI=1S/C11H13F2NO/c1-7(2)11(15)14-6-8-3-4-9(12)10(13)5-8/h3-5,7H,6H2,1-2H3,(H,14,15). The molecule has 0 atom stereocenters. The molecule has 0 aliphatic rings. The van der Waals surface area contributed by atoms with Crippen LogP contribution in [0, 0.1) is 17.6 Å². The van der Waals surface area contributed by atoms with Crippen LogP contribution in [0.3, 0.4) is 0 Å². The van der Waals surface area contributed by atoms with Crippen LogP contribution in [0.5, 0.6) is 0 Å². The molecule has 1 aromatic carbocycles. The zero-order valence-corrected chi connectivity index (χ0v) is 8.68. The van der Waals surface area contributed by atoms with Crippen molar-refractivity contribution in [2.45, 2.75) is 20.4 Å². The highest BCUT2D eigenvalue weighted by Gasteiger charge is 2.07. The topological polar surface area (TPSA) is 29.1 Å². The van der Waals surface area contributed by atoms with Crippen LogP contribution in [0.2, 0.25) is 0 Å². The Morgan fingerprint density at radius 2 is 2.00 bits per heavy atom. The molecule has 0 aliphatic carbocycles. The lowest BCUT2D eigenvalue weighted by Crippen LogP contribution is -2.27. The molecular weight excluding hydrogens is 200 g/mol. The minimum atomic E-state index is -0.897. The van der Waals surface area contributed by atoms with Gasteiger partial charge in [0.15, 0.2) is 11.6 Å². The molecule has 0 unspecified atom stereocenters. The van der Waals surface area contributed by atoms with E-state index < -0.39 is 11.6 Å². The summed E-state index contributed by atoms with van der Waals surface area (Å²) in [5.74, 6) is -2.00. The fraction of sp³-hybridized carbons (Fsp3) is 0.364. The van der Waals surface area contributed by atoms with Crippen LogP contribution >= 0.6 is 0 Å². The lowest BCUT2D eigenvalue weighted by atomic mass is 10.2. The van der Waals surface area contributed by atoms with Gasteiger partial charge in [-0.3, -0.25) is 4.79 Å². The van der Waals surface area contributed by atoms with E-state index in [0.717, 1.165) is 12.1 Å². The third kappa shape index (κ3) is 3.31. The number of nitrogens with one attached hydrogen (secondary N) is 1. The molecule has 1 amide bonds. The number of carbonyl (C=O) groups is 1. The molecule has 82 valence electrons. The maximum absolute atomic E-state index is 12.8. The van der Waals surface area contributed by atoms with Gasteiger partial charge in [-0.25, -0.2) is 8.78 Å². The Hall–Kier alpha value is -1.45. The maximum atomic E-state index is 12.8. The van der Waals surface area contributed by atoms with Crippen molar-refractivity contribution >= 4 is 5.91 Å². The van der Waals surface area contributed by atoms with E-state index in [-0.39, 0.29) is 18.4 Å². The SMILES string of the molecule is CC(C)C(=O)NCc1ccc(F)c(F)c1. The summed E-state index contributed by atoms with van der Waals surface area (Å²) >= 11 is 0. The summed E-state index contributed by atoms with van der Waals surface area (Å²) in [5, 5.41) is 2.62. The first-order chi connectivity index (χ1) is 7.00. The molecule has 1 aromatic rings. The lowest BCUT2D eigenvalue weighted by Gasteiger charge is -2.07. The molecule has 0 heterocycles. The van der Waals surface area contributed by atoms with Gasteiger partial charge in [-0.1, -0.05) is 19.9 Å². The van der Waals surface area contributed by atoms with Crippen molar-refractivity contribution in [1.82, 2.24) is 5.32 Å². The van der Waals surface area contributed by atoms with Gasteiger partial charge in [0.2, 0.25) is 5.91 Å². The molecule has 0 spiro atoms. The average molecular weight is 213 g/mol. The van der Waals surface area contributed by atoms with E-state index in [1.807, 2.05) is 0 Å². The van der Waals surface area contributed by atoms with Crippen molar-refractivity contribution in [2.75, 3.05) is 0 Å². The molecule has 0 fully saturated rings.